The van der Waals surface area contributed by atoms with Crippen LogP contribution in [0.5, 0.6) is 0 Å². The molecule has 3 aromatic rings. The molecule has 1 aromatic carbocycles. The first-order valence-electron chi connectivity index (χ1n) is 6.16. The Balaban J connectivity index is 2.09. The normalized spacial score (nSPS) is 10.4. The second-order valence-corrected chi connectivity index (χ2v) is 4.42. The number of nitrogens with two attached hydrogens (primary N) is 1. The van der Waals surface area contributed by atoms with Gasteiger partial charge in [0.25, 0.3) is 0 Å². The summed E-state index contributed by atoms with van der Waals surface area (Å²) in [6, 6.07) is 12.1. The van der Waals surface area contributed by atoms with E-state index in [4.69, 9.17) is 5.73 Å². The van der Waals surface area contributed by atoms with Crippen LogP contribution in [0.2, 0.25) is 0 Å². The van der Waals surface area contributed by atoms with Gasteiger partial charge in [0.1, 0.15) is 5.82 Å². The van der Waals surface area contributed by atoms with Crippen LogP contribution in [0.3, 0.4) is 0 Å². The monoisotopic (exact) mass is 265 g/mol. The molecule has 0 bridgehead atoms. The number of nitrogen functional groups attached to an aromatic ring is 1. The van der Waals surface area contributed by atoms with Gasteiger partial charge in [-0.2, -0.15) is 0 Å². The molecule has 3 rings (SSSR count). The zero-order valence-corrected chi connectivity index (χ0v) is 10.6. The number of hydrogen-bond donors (Lipinski definition) is 1. The number of nitrogens with zero attached hydrogens (tertiary/aromatic N) is 2. The molecule has 0 radical (unpaired) electrons. The van der Waals surface area contributed by atoms with E-state index in [1.807, 2.05) is 18.2 Å². The number of pyridine rings is 2. The molecule has 2 N–H and O–H groups in total. The summed E-state index contributed by atoms with van der Waals surface area (Å²) in [7, 11) is 0. The molecule has 3 nitrogen and oxygen atoms in total. The van der Waals surface area contributed by atoms with Gasteiger partial charge in [-0.1, -0.05) is 12.1 Å². The minimum absolute atomic E-state index is 0.289. The molecule has 0 fully saturated rings. The number of halogens is 1. The minimum atomic E-state index is -0.289. The van der Waals surface area contributed by atoms with Gasteiger partial charge in [-0.25, -0.2) is 4.39 Å². The summed E-state index contributed by atoms with van der Waals surface area (Å²) in [6.45, 7) is 0. The highest BCUT2D eigenvalue weighted by Gasteiger charge is 2.07. The van der Waals surface area contributed by atoms with Crippen molar-refractivity contribution < 1.29 is 4.39 Å². The van der Waals surface area contributed by atoms with Crippen LogP contribution in [0, 0.1) is 5.82 Å². The van der Waals surface area contributed by atoms with Crippen LogP contribution in [-0.4, -0.2) is 9.97 Å². The minimum Gasteiger partial charge on any atom is -0.397 e. The summed E-state index contributed by atoms with van der Waals surface area (Å²) in [6.07, 6.45) is 4.96. The van der Waals surface area contributed by atoms with Crippen LogP contribution in [0.15, 0.2) is 61.1 Å². The third-order valence-corrected chi connectivity index (χ3v) is 3.00. The lowest BCUT2D eigenvalue weighted by Crippen LogP contribution is -1.90. The Kier molecular flexibility index (Phi) is 3.13. The molecule has 0 spiro atoms. The van der Waals surface area contributed by atoms with Crippen molar-refractivity contribution in [3.63, 3.8) is 0 Å². The highest BCUT2D eigenvalue weighted by molar-refractivity contribution is 5.71. The van der Waals surface area contributed by atoms with Crippen LogP contribution < -0.4 is 5.73 Å². The van der Waals surface area contributed by atoms with Gasteiger partial charge in [-0.3, -0.25) is 9.97 Å². The number of hydrogen-bond acceptors (Lipinski definition) is 3. The fourth-order valence-corrected chi connectivity index (χ4v) is 2.04. The highest BCUT2D eigenvalue weighted by Crippen LogP contribution is 2.26. The van der Waals surface area contributed by atoms with Gasteiger partial charge < -0.3 is 5.73 Å². The summed E-state index contributed by atoms with van der Waals surface area (Å²) in [5.41, 5.74) is 9.17. The van der Waals surface area contributed by atoms with E-state index in [1.54, 1.807) is 36.8 Å². The Morgan fingerprint density at radius 2 is 1.80 bits per heavy atom. The first kappa shape index (κ1) is 12.3. The van der Waals surface area contributed by atoms with E-state index in [1.165, 1.54) is 6.07 Å². The molecule has 0 aliphatic heterocycles. The predicted molar refractivity (Wildman–Crippen MR) is 77.3 cm³/mol. The zero-order valence-electron chi connectivity index (χ0n) is 10.6. The number of anilines is 1. The second kappa shape index (κ2) is 5.09. The SMILES string of the molecule is Nc1cncc(-c2ccnc(-c3ccccc3F)c2)c1. The number of benzene rings is 1. The number of rotatable bonds is 2. The summed E-state index contributed by atoms with van der Waals surface area (Å²) in [4.78, 5) is 8.29. The lowest BCUT2D eigenvalue weighted by atomic mass is 10.0. The maximum Gasteiger partial charge on any atom is 0.132 e. The topological polar surface area (TPSA) is 51.8 Å². The van der Waals surface area contributed by atoms with Gasteiger partial charge in [0.05, 0.1) is 11.4 Å². The third kappa shape index (κ3) is 2.36. The van der Waals surface area contributed by atoms with Gasteiger partial charge in [0.2, 0.25) is 0 Å². The largest absolute Gasteiger partial charge is 0.397 e. The summed E-state index contributed by atoms with van der Waals surface area (Å²) >= 11 is 0. The van der Waals surface area contributed by atoms with Gasteiger partial charge in [0, 0.05) is 29.7 Å². The van der Waals surface area contributed by atoms with E-state index in [-0.39, 0.29) is 5.82 Å². The zero-order chi connectivity index (χ0) is 13.9. The van der Waals surface area contributed by atoms with Crippen molar-refractivity contribution in [1.82, 2.24) is 9.97 Å². The standard InChI is InChI=1S/C16H12FN3/c17-15-4-2-1-3-14(15)16-8-11(5-6-20-16)12-7-13(18)10-19-9-12/h1-10H,18H2. The molecular formula is C16H12FN3. The molecule has 0 saturated carbocycles. The van der Waals surface area contributed by atoms with Crippen molar-refractivity contribution in [2.24, 2.45) is 0 Å². The van der Waals surface area contributed by atoms with Crippen molar-refractivity contribution in [2.45, 2.75) is 0 Å². The molecular weight excluding hydrogens is 253 g/mol. The second-order valence-electron chi connectivity index (χ2n) is 4.42. The van der Waals surface area contributed by atoms with Gasteiger partial charge in [-0.05, 0) is 35.9 Å². The van der Waals surface area contributed by atoms with Gasteiger partial charge in [0.15, 0.2) is 0 Å². The van der Waals surface area contributed by atoms with E-state index in [2.05, 4.69) is 9.97 Å². The maximum atomic E-state index is 13.8. The van der Waals surface area contributed by atoms with Crippen LogP contribution in [0.4, 0.5) is 10.1 Å². The summed E-state index contributed by atoms with van der Waals surface area (Å²) in [5, 5.41) is 0. The van der Waals surface area contributed by atoms with Crippen molar-refractivity contribution in [2.75, 3.05) is 5.73 Å². The Morgan fingerprint density at radius 1 is 0.950 bits per heavy atom. The molecule has 20 heavy (non-hydrogen) atoms. The molecule has 0 atom stereocenters. The predicted octanol–water partition coefficient (Wildman–Crippen LogP) is 3.53. The summed E-state index contributed by atoms with van der Waals surface area (Å²) in [5.74, 6) is -0.289. The quantitative estimate of drug-likeness (QED) is 0.771. The van der Waals surface area contributed by atoms with Crippen molar-refractivity contribution in [3.05, 3.63) is 66.9 Å². The van der Waals surface area contributed by atoms with Crippen LogP contribution in [0.25, 0.3) is 22.4 Å². The molecule has 4 heteroatoms. The third-order valence-electron chi connectivity index (χ3n) is 3.00. The van der Waals surface area contributed by atoms with E-state index in [9.17, 15) is 4.39 Å². The van der Waals surface area contributed by atoms with E-state index in [0.29, 0.717) is 16.9 Å². The molecule has 98 valence electrons. The summed E-state index contributed by atoms with van der Waals surface area (Å²) < 4.78 is 13.8. The van der Waals surface area contributed by atoms with Gasteiger partial charge >= 0.3 is 0 Å². The van der Waals surface area contributed by atoms with Crippen molar-refractivity contribution in [3.8, 4) is 22.4 Å². The first-order chi connectivity index (χ1) is 9.74. The van der Waals surface area contributed by atoms with E-state index >= 15 is 0 Å². The average molecular weight is 265 g/mol. The maximum absolute atomic E-state index is 13.8. The molecule has 0 aliphatic rings. The highest BCUT2D eigenvalue weighted by atomic mass is 19.1. The van der Waals surface area contributed by atoms with Crippen molar-refractivity contribution in [1.29, 1.82) is 0 Å². The Morgan fingerprint density at radius 3 is 2.60 bits per heavy atom. The average Bonchev–Trinajstić information content (AvgIpc) is 2.48. The Hall–Kier alpha value is -2.75. The molecule has 2 aromatic heterocycles. The van der Waals surface area contributed by atoms with Crippen LogP contribution in [-0.2, 0) is 0 Å². The molecule has 0 unspecified atom stereocenters. The number of aromatic nitrogens is 2. The van der Waals surface area contributed by atoms with Gasteiger partial charge in [-0.15, -0.1) is 0 Å². The van der Waals surface area contributed by atoms with E-state index in [0.717, 1.165) is 11.1 Å². The first-order valence-corrected chi connectivity index (χ1v) is 6.16. The fraction of sp³-hybridized carbons (Fsp3) is 0. The fourth-order valence-electron chi connectivity index (χ4n) is 2.04. The molecule has 0 amide bonds. The molecule has 0 saturated heterocycles. The van der Waals surface area contributed by atoms with E-state index < -0.39 is 0 Å². The lowest BCUT2D eigenvalue weighted by molar-refractivity contribution is 0.631. The lowest BCUT2D eigenvalue weighted by Gasteiger charge is -2.06. The Labute approximate surface area is 115 Å². The Bertz CT molecular complexity index is 756. The molecule has 0 aliphatic carbocycles. The van der Waals surface area contributed by atoms with Crippen molar-refractivity contribution >= 4 is 5.69 Å². The molecule has 2 heterocycles. The van der Waals surface area contributed by atoms with Crippen LogP contribution in [0.1, 0.15) is 0 Å². The smallest absolute Gasteiger partial charge is 0.132 e. The van der Waals surface area contributed by atoms with Crippen LogP contribution >= 0.6 is 0 Å².